The van der Waals surface area contributed by atoms with Gasteiger partial charge in [0.1, 0.15) is 5.75 Å². The maximum absolute atomic E-state index is 11.7. The highest BCUT2D eigenvalue weighted by Crippen LogP contribution is 2.25. The molecule has 0 aliphatic heterocycles. The van der Waals surface area contributed by atoms with E-state index in [9.17, 15) is 20.0 Å². The molecule has 1 rings (SSSR count). The number of aliphatic hydroxyl groups is 1. The summed E-state index contributed by atoms with van der Waals surface area (Å²) >= 11 is 0. The number of nitro benzene ring substituents is 1. The molecule has 1 aromatic carbocycles. The van der Waals surface area contributed by atoms with Gasteiger partial charge in [-0.05, 0) is 13.0 Å². The van der Waals surface area contributed by atoms with Crippen molar-refractivity contribution < 1.29 is 24.3 Å². The van der Waals surface area contributed by atoms with Crippen LogP contribution in [0.5, 0.6) is 5.75 Å². The summed E-state index contributed by atoms with van der Waals surface area (Å²) in [5.41, 5.74) is 0.101. The highest BCUT2D eigenvalue weighted by atomic mass is 16.6. The summed E-state index contributed by atoms with van der Waals surface area (Å²) in [4.78, 5) is 21.8. The molecule has 0 heterocycles. The topological polar surface area (TPSA) is 111 Å². The van der Waals surface area contributed by atoms with Crippen LogP contribution < -0.4 is 10.1 Å². The zero-order chi connectivity index (χ0) is 15.8. The maximum atomic E-state index is 11.7. The molecule has 1 amide bonds. The fraction of sp³-hybridized carbons (Fsp3) is 0.462. The largest absolute Gasteiger partial charge is 0.481 e. The fourth-order valence-corrected chi connectivity index (χ4v) is 1.58. The summed E-state index contributed by atoms with van der Waals surface area (Å²) in [6.07, 6.45) is -0.798. The molecule has 0 spiro atoms. The normalized spacial score (nSPS) is 11.8. The smallest absolute Gasteiger partial charge is 0.270 e. The lowest BCUT2D eigenvalue weighted by Gasteiger charge is -2.16. The number of aliphatic hydroxyl groups excluding tert-OH is 1. The molecule has 21 heavy (non-hydrogen) atoms. The first-order valence-corrected chi connectivity index (χ1v) is 6.31. The second-order valence-corrected chi connectivity index (χ2v) is 4.25. The zero-order valence-corrected chi connectivity index (χ0v) is 11.9. The molecule has 8 heteroatoms. The minimum atomic E-state index is -0.798. The van der Waals surface area contributed by atoms with E-state index < -0.39 is 17.6 Å². The van der Waals surface area contributed by atoms with Crippen LogP contribution in [0.2, 0.25) is 0 Å². The van der Waals surface area contributed by atoms with Crippen LogP contribution in [0, 0.1) is 10.1 Å². The van der Waals surface area contributed by atoms with Gasteiger partial charge in [-0.2, -0.15) is 0 Å². The van der Waals surface area contributed by atoms with Gasteiger partial charge in [0.15, 0.2) is 6.10 Å². The molecule has 0 aromatic heterocycles. The van der Waals surface area contributed by atoms with E-state index in [1.165, 1.54) is 25.3 Å². The first-order chi connectivity index (χ1) is 9.99. The lowest BCUT2D eigenvalue weighted by molar-refractivity contribution is -0.385. The van der Waals surface area contributed by atoms with Crippen molar-refractivity contribution in [3.8, 4) is 5.75 Å². The predicted molar refractivity (Wildman–Crippen MR) is 74.0 cm³/mol. The zero-order valence-electron chi connectivity index (χ0n) is 11.9. The van der Waals surface area contributed by atoms with Gasteiger partial charge in [0, 0.05) is 31.4 Å². The lowest BCUT2D eigenvalue weighted by atomic mass is 10.2. The average Bonchev–Trinajstić information content (AvgIpc) is 2.47. The summed E-state index contributed by atoms with van der Waals surface area (Å²) in [5, 5.41) is 22.5. The van der Waals surface area contributed by atoms with E-state index in [2.05, 4.69) is 5.32 Å². The van der Waals surface area contributed by atoms with Gasteiger partial charge < -0.3 is 19.9 Å². The number of ether oxygens (including phenoxy) is 2. The van der Waals surface area contributed by atoms with Gasteiger partial charge in [-0.25, -0.2) is 0 Å². The molecule has 0 fully saturated rings. The summed E-state index contributed by atoms with van der Waals surface area (Å²) in [7, 11) is 1.52. The summed E-state index contributed by atoms with van der Waals surface area (Å²) in [6, 6.07) is 3.83. The van der Waals surface area contributed by atoms with Crippen LogP contribution in [0.3, 0.4) is 0 Å². The van der Waals surface area contributed by atoms with E-state index in [4.69, 9.17) is 9.47 Å². The third-order valence-electron chi connectivity index (χ3n) is 2.70. The minimum Gasteiger partial charge on any atom is -0.481 e. The number of amides is 1. The monoisotopic (exact) mass is 298 g/mol. The molecule has 0 aliphatic carbocycles. The Morgan fingerprint density at radius 2 is 2.24 bits per heavy atom. The Morgan fingerprint density at radius 3 is 2.81 bits per heavy atom. The highest BCUT2D eigenvalue weighted by Gasteiger charge is 2.17. The van der Waals surface area contributed by atoms with Gasteiger partial charge >= 0.3 is 0 Å². The Kier molecular flexibility index (Phi) is 6.57. The van der Waals surface area contributed by atoms with Crippen molar-refractivity contribution in [2.75, 3.05) is 20.3 Å². The van der Waals surface area contributed by atoms with E-state index in [-0.39, 0.29) is 22.9 Å². The molecule has 116 valence electrons. The van der Waals surface area contributed by atoms with Gasteiger partial charge in [-0.15, -0.1) is 0 Å². The van der Waals surface area contributed by atoms with Gasteiger partial charge in [0.2, 0.25) is 0 Å². The molecule has 1 aromatic rings. The minimum absolute atomic E-state index is 0.149. The van der Waals surface area contributed by atoms with E-state index in [1.54, 1.807) is 6.92 Å². The second kappa shape index (κ2) is 8.18. The van der Waals surface area contributed by atoms with Crippen LogP contribution in [0.4, 0.5) is 5.69 Å². The third-order valence-corrected chi connectivity index (χ3v) is 2.70. The summed E-state index contributed by atoms with van der Waals surface area (Å²) in [6.45, 7) is 1.87. The number of nitrogens with one attached hydrogen (secondary N) is 1. The van der Waals surface area contributed by atoms with E-state index in [0.29, 0.717) is 13.2 Å². The number of benzene rings is 1. The number of hydrogen-bond donors (Lipinski definition) is 2. The van der Waals surface area contributed by atoms with E-state index >= 15 is 0 Å². The Hall–Kier alpha value is -2.19. The van der Waals surface area contributed by atoms with E-state index in [0.717, 1.165) is 0 Å². The molecule has 2 N–H and O–H groups in total. The Balaban J connectivity index is 2.73. The van der Waals surface area contributed by atoms with Crippen LogP contribution in [0.25, 0.3) is 0 Å². The number of carbonyl (C=O) groups excluding carboxylic acids is 1. The number of non-ortho nitro benzene ring substituents is 1. The van der Waals surface area contributed by atoms with Crippen molar-refractivity contribution in [1.82, 2.24) is 5.32 Å². The predicted octanol–water partition coefficient (Wildman–Crippen LogP) is 0.617. The number of carbonyl (C=O) groups is 1. The van der Waals surface area contributed by atoms with E-state index in [1.807, 2.05) is 0 Å². The fourth-order valence-electron chi connectivity index (χ4n) is 1.58. The maximum Gasteiger partial charge on any atom is 0.270 e. The standard InChI is InChI=1S/C13H18N2O6/c1-9(13(17)14-5-6-20-2)21-12-4-3-11(15(18)19)7-10(12)8-16/h3-4,7,9,16H,5-6,8H2,1-2H3,(H,14,17). The molecule has 0 bridgehead atoms. The average molecular weight is 298 g/mol. The highest BCUT2D eigenvalue weighted by molar-refractivity contribution is 5.80. The summed E-state index contributed by atoms with van der Waals surface area (Å²) < 4.78 is 10.2. The van der Waals surface area contributed by atoms with Crippen molar-refractivity contribution in [2.45, 2.75) is 19.6 Å². The molecular formula is C13H18N2O6. The van der Waals surface area contributed by atoms with Crippen LogP contribution in [-0.4, -0.2) is 42.3 Å². The Morgan fingerprint density at radius 1 is 1.52 bits per heavy atom. The summed E-state index contributed by atoms with van der Waals surface area (Å²) in [5.74, 6) is -0.105. The Bertz CT molecular complexity index is 505. The number of nitro groups is 1. The van der Waals surface area contributed by atoms with Crippen molar-refractivity contribution in [1.29, 1.82) is 0 Å². The number of methoxy groups -OCH3 is 1. The molecule has 0 saturated carbocycles. The molecule has 1 unspecified atom stereocenters. The number of hydrogen-bond acceptors (Lipinski definition) is 6. The van der Waals surface area contributed by atoms with Gasteiger partial charge in [-0.1, -0.05) is 0 Å². The SMILES string of the molecule is COCCNC(=O)C(C)Oc1ccc([N+](=O)[O-])cc1CO. The second-order valence-electron chi connectivity index (χ2n) is 4.25. The van der Waals surface area contributed by atoms with Gasteiger partial charge in [0.25, 0.3) is 11.6 Å². The van der Waals surface area contributed by atoms with Gasteiger partial charge in [0.05, 0.1) is 18.1 Å². The van der Waals surface area contributed by atoms with Crippen molar-refractivity contribution in [3.05, 3.63) is 33.9 Å². The van der Waals surface area contributed by atoms with Gasteiger partial charge in [-0.3, -0.25) is 14.9 Å². The molecule has 0 radical (unpaired) electrons. The van der Waals surface area contributed by atoms with Crippen LogP contribution in [-0.2, 0) is 16.1 Å². The first kappa shape index (κ1) is 16.9. The first-order valence-electron chi connectivity index (χ1n) is 6.31. The Labute approximate surface area is 121 Å². The molecular weight excluding hydrogens is 280 g/mol. The third kappa shape index (κ3) is 5.01. The molecule has 0 saturated heterocycles. The quantitative estimate of drug-likeness (QED) is 0.413. The van der Waals surface area contributed by atoms with Crippen molar-refractivity contribution in [3.63, 3.8) is 0 Å². The van der Waals surface area contributed by atoms with Crippen molar-refractivity contribution >= 4 is 11.6 Å². The molecule has 1 atom stereocenters. The van der Waals surface area contributed by atoms with Crippen LogP contribution in [0.1, 0.15) is 12.5 Å². The number of nitrogens with zero attached hydrogens (tertiary/aromatic N) is 1. The van der Waals surface area contributed by atoms with Crippen LogP contribution >= 0.6 is 0 Å². The number of rotatable bonds is 8. The lowest BCUT2D eigenvalue weighted by Crippen LogP contribution is -2.38. The van der Waals surface area contributed by atoms with Crippen LogP contribution in [0.15, 0.2) is 18.2 Å². The molecule has 0 aliphatic rings. The molecule has 8 nitrogen and oxygen atoms in total. The van der Waals surface area contributed by atoms with Crippen molar-refractivity contribution in [2.24, 2.45) is 0 Å².